The summed E-state index contributed by atoms with van der Waals surface area (Å²) in [5, 5.41) is 8.64. The molecule has 6 heteroatoms. The van der Waals surface area contributed by atoms with Crippen LogP contribution in [0.1, 0.15) is 6.92 Å². The van der Waals surface area contributed by atoms with E-state index in [-0.39, 0.29) is 5.75 Å². The summed E-state index contributed by atoms with van der Waals surface area (Å²) < 4.78 is 14.1. The molecule has 1 atom stereocenters. The number of hydrogen-bond donors (Lipinski definition) is 1. The lowest BCUT2D eigenvalue weighted by Crippen LogP contribution is -2.22. The molecule has 0 aliphatic carbocycles. The van der Waals surface area contributed by atoms with Crippen molar-refractivity contribution < 1.29 is 28.9 Å². The molecule has 0 unspecified atom stereocenters. The molecule has 1 aromatic rings. The number of aliphatic carboxylic acids is 1. The molecule has 0 spiro atoms. The molecule has 0 aliphatic heterocycles. The Labute approximate surface area is 97.7 Å². The van der Waals surface area contributed by atoms with Crippen LogP contribution in [0.2, 0.25) is 0 Å². The van der Waals surface area contributed by atoms with Crippen molar-refractivity contribution in [3.8, 4) is 11.5 Å². The number of rotatable bonds is 4. The van der Waals surface area contributed by atoms with E-state index in [1.807, 2.05) is 0 Å². The SMILES string of the molecule is COC(=O)Oc1ccc(O[C@@H](C)C(=O)O)cc1. The summed E-state index contributed by atoms with van der Waals surface area (Å²) in [5.74, 6) is -0.399. The molecule has 0 bridgehead atoms. The standard InChI is InChI=1S/C11H12O6/c1-7(10(12)13)16-8-3-5-9(6-4-8)17-11(14)15-2/h3-7H,1-2H3,(H,12,13)/t7-/m0/s1. The van der Waals surface area contributed by atoms with Crippen LogP contribution in [0, 0.1) is 0 Å². The molecule has 92 valence electrons. The topological polar surface area (TPSA) is 82.1 Å². The van der Waals surface area contributed by atoms with Crippen molar-refractivity contribution >= 4 is 12.1 Å². The van der Waals surface area contributed by atoms with Crippen LogP contribution in [-0.4, -0.2) is 30.4 Å². The summed E-state index contributed by atoms with van der Waals surface area (Å²) in [6.45, 7) is 1.42. The van der Waals surface area contributed by atoms with Gasteiger partial charge in [0.1, 0.15) is 11.5 Å². The van der Waals surface area contributed by atoms with Gasteiger partial charge in [0.05, 0.1) is 7.11 Å². The third-order valence-corrected chi connectivity index (χ3v) is 1.85. The van der Waals surface area contributed by atoms with Gasteiger partial charge < -0.3 is 19.3 Å². The van der Waals surface area contributed by atoms with Crippen molar-refractivity contribution in [1.82, 2.24) is 0 Å². The first-order chi connectivity index (χ1) is 8.02. The minimum Gasteiger partial charge on any atom is -0.479 e. The van der Waals surface area contributed by atoms with Crippen LogP contribution < -0.4 is 9.47 Å². The first-order valence-electron chi connectivity index (χ1n) is 4.78. The van der Waals surface area contributed by atoms with E-state index in [1.54, 1.807) is 0 Å². The van der Waals surface area contributed by atoms with Crippen molar-refractivity contribution in [3.63, 3.8) is 0 Å². The Balaban J connectivity index is 2.62. The van der Waals surface area contributed by atoms with Crippen LogP contribution in [0.4, 0.5) is 4.79 Å². The highest BCUT2D eigenvalue weighted by Crippen LogP contribution is 2.18. The van der Waals surface area contributed by atoms with Gasteiger partial charge in [0, 0.05) is 0 Å². The van der Waals surface area contributed by atoms with Crippen LogP contribution in [0.25, 0.3) is 0 Å². The third kappa shape index (κ3) is 4.02. The number of carboxylic acid groups (broad SMARTS) is 1. The molecule has 1 aromatic carbocycles. The van der Waals surface area contributed by atoms with Gasteiger partial charge >= 0.3 is 12.1 Å². The molecule has 0 radical (unpaired) electrons. The van der Waals surface area contributed by atoms with Gasteiger partial charge in [0.2, 0.25) is 0 Å². The molecule has 0 heterocycles. The van der Waals surface area contributed by atoms with Crippen LogP contribution >= 0.6 is 0 Å². The van der Waals surface area contributed by atoms with Gasteiger partial charge in [-0.25, -0.2) is 9.59 Å². The lowest BCUT2D eigenvalue weighted by atomic mass is 10.3. The predicted molar refractivity (Wildman–Crippen MR) is 57.2 cm³/mol. The maximum atomic E-state index is 10.8. The average molecular weight is 240 g/mol. The van der Waals surface area contributed by atoms with Crippen molar-refractivity contribution in [1.29, 1.82) is 0 Å². The zero-order valence-electron chi connectivity index (χ0n) is 9.38. The molecule has 0 saturated heterocycles. The van der Waals surface area contributed by atoms with Crippen LogP contribution in [0.3, 0.4) is 0 Å². The molecule has 6 nitrogen and oxygen atoms in total. The van der Waals surface area contributed by atoms with Gasteiger partial charge in [-0.05, 0) is 31.2 Å². The Hall–Kier alpha value is -2.24. The smallest absolute Gasteiger partial charge is 0.479 e. The van der Waals surface area contributed by atoms with Gasteiger partial charge in [0.15, 0.2) is 6.10 Å². The van der Waals surface area contributed by atoms with E-state index in [4.69, 9.17) is 14.6 Å². The zero-order valence-corrected chi connectivity index (χ0v) is 9.38. The van der Waals surface area contributed by atoms with E-state index in [2.05, 4.69) is 4.74 Å². The van der Waals surface area contributed by atoms with Crippen molar-refractivity contribution in [2.24, 2.45) is 0 Å². The quantitative estimate of drug-likeness (QED) is 0.637. The minimum absolute atomic E-state index is 0.284. The predicted octanol–water partition coefficient (Wildman–Crippen LogP) is 1.68. The Morgan fingerprint density at radius 1 is 1.18 bits per heavy atom. The number of carbonyl (C=O) groups excluding carboxylic acids is 1. The maximum absolute atomic E-state index is 10.8. The highest BCUT2D eigenvalue weighted by Gasteiger charge is 2.12. The Kier molecular flexibility index (Phi) is 4.33. The van der Waals surface area contributed by atoms with Crippen LogP contribution in [0.15, 0.2) is 24.3 Å². The number of methoxy groups -OCH3 is 1. The molecule has 0 aliphatic rings. The number of ether oxygens (including phenoxy) is 3. The normalized spacial score (nSPS) is 11.4. The fourth-order valence-electron chi connectivity index (χ4n) is 0.979. The Bertz CT molecular complexity index is 397. The zero-order chi connectivity index (χ0) is 12.8. The van der Waals surface area contributed by atoms with Crippen LogP contribution in [-0.2, 0) is 9.53 Å². The lowest BCUT2D eigenvalue weighted by molar-refractivity contribution is -0.144. The molecular weight excluding hydrogens is 228 g/mol. The Morgan fingerprint density at radius 3 is 2.18 bits per heavy atom. The van der Waals surface area contributed by atoms with Gasteiger partial charge in [-0.2, -0.15) is 0 Å². The van der Waals surface area contributed by atoms with Crippen molar-refractivity contribution in [2.45, 2.75) is 13.0 Å². The number of hydrogen-bond acceptors (Lipinski definition) is 5. The summed E-state index contributed by atoms with van der Waals surface area (Å²) in [6, 6.07) is 5.94. The summed E-state index contributed by atoms with van der Waals surface area (Å²) >= 11 is 0. The fourth-order valence-corrected chi connectivity index (χ4v) is 0.979. The van der Waals surface area contributed by atoms with E-state index in [0.717, 1.165) is 0 Å². The molecule has 17 heavy (non-hydrogen) atoms. The van der Waals surface area contributed by atoms with Crippen molar-refractivity contribution in [3.05, 3.63) is 24.3 Å². The monoisotopic (exact) mass is 240 g/mol. The van der Waals surface area contributed by atoms with Crippen molar-refractivity contribution in [2.75, 3.05) is 7.11 Å². The van der Waals surface area contributed by atoms with E-state index in [9.17, 15) is 9.59 Å². The lowest BCUT2D eigenvalue weighted by Gasteiger charge is -2.10. The second kappa shape index (κ2) is 5.74. The van der Waals surface area contributed by atoms with Gasteiger partial charge in [0.25, 0.3) is 0 Å². The molecular formula is C11H12O6. The molecule has 1 N–H and O–H groups in total. The minimum atomic E-state index is -1.06. The summed E-state index contributed by atoms with van der Waals surface area (Å²) in [4.78, 5) is 21.3. The fraction of sp³-hybridized carbons (Fsp3) is 0.273. The molecule has 0 aromatic heterocycles. The first-order valence-corrected chi connectivity index (χ1v) is 4.78. The number of carboxylic acids is 1. The van der Waals surface area contributed by atoms with Gasteiger partial charge in [-0.3, -0.25) is 0 Å². The summed E-state index contributed by atoms with van der Waals surface area (Å²) in [6.07, 6.45) is -1.76. The van der Waals surface area contributed by atoms with Crippen LogP contribution in [0.5, 0.6) is 11.5 Å². The van der Waals surface area contributed by atoms with E-state index in [1.165, 1.54) is 38.3 Å². The third-order valence-electron chi connectivity index (χ3n) is 1.85. The molecule has 0 saturated carbocycles. The summed E-state index contributed by atoms with van der Waals surface area (Å²) in [7, 11) is 1.20. The molecule has 0 amide bonds. The van der Waals surface area contributed by atoms with E-state index >= 15 is 0 Å². The number of carbonyl (C=O) groups is 2. The second-order valence-corrected chi connectivity index (χ2v) is 3.13. The second-order valence-electron chi connectivity index (χ2n) is 3.13. The molecule has 0 fully saturated rings. The van der Waals surface area contributed by atoms with Gasteiger partial charge in [-0.1, -0.05) is 0 Å². The maximum Gasteiger partial charge on any atom is 0.513 e. The largest absolute Gasteiger partial charge is 0.513 e. The first kappa shape index (κ1) is 12.8. The number of benzene rings is 1. The average Bonchev–Trinajstić information content (AvgIpc) is 2.31. The highest BCUT2D eigenvalue weighted by molar-refractivity contribution is 5.72. The highest BCUT2D eigenvalue weighted by atomic mass is 16.7. The van der Waals surface area contributed by atoms with E-state index < -0.39 is 18.2 Å². The summed E-state index contributed by atoms with van der Waals surface area (Å²) in [5.41, 5.74) is 0. The van der Waals surface area contributed by atoms with Gasteiger partial charge in [-0.15, -0.1) is 0 Å². The Morgan fingerprint density at radius 2 is 1.71 bits per heavy atom. The van der Waals surface area contributed by atoms with E-state index in [0.29, 0.717) is 5.75 Å². The molecule has 1 rings (SSSR count).